The number of fused-ring (bicyclic) bond motifs is 1. The number of aromatic nitrogens is 2. The maximum Gasteiger partial charge on any atom is 0.410 e. The number of phenols is 1. The molecule has 0 aliphatic carbocycles. The van der Waals surface area contributed by atoms with Gasteiger partial charge in [0.15, 0.2) is 5.69 Å². The van der Waals surface area contributed by atoms with E-state index in [4.69, 9.17) is 4.74 Å². The highest BCUT2D eigenvalue weighted by atomic mass is 16.6. The van der Waals surface area contributed by atoms with Crippen LogP contribution in [0, 0.1) is 0 Å². The Hall–Kier alpha value is -3.03. The average molecular weight is 372 g/mol. The number of carbonyl (C=O) groups excluding carboxylic acids is 2. The minimum Gasteiger partial charge on any atom is -0.508 e. The minimum atomic E-state index is -0.578. The molecule has 2 N–H and O–H groups in total. The molecular formula is C19H24N4O4. The number of ether oxygens (including phenoxy) is 1. The van der Waals surface area contributed by atoms with Gasteiger partial charge in [-0.3, -0.25) is 9.48 Å². The summed E-state index contributed by atoms with van der Waals surface area (Å²) in [6.45, 7) is 6.25. The lowest BCUT2D eigenvalue weighted by Crippen LogP contribution is -2.40. The van der Waals surface area contributed by atoms with Crippen LogP contribution in [-0.2, 0) is 24.8 Å². The lowest BCUT2D eigenvalue weighted by atomic mass is 10.0. The first-order valence-corrected chi connectivity index (χ1v) is 8.77. The zero-order valence-electron chi connectivity index (χ0n) is 15.9. The Labute approximate surface area is 157 Å². The predicted molar refractivity (Wildman–Crippen MR) is 99.6 cm³/mol. The molecule has 2 amide bonds. The first-order chi connectivity index (χ1) is 12.6. The number of aryl methyl sites for hydroxylation is 1. The van der Waals surface area contributed by atoms with Crippen LogP contribution in [0.2, 0.25) is 0 Å². The van der Waals surface area contributed by atoms with Crippen molar-refractivity contribution in [3.63, 3.8) is 0 Å². The summed E-state index contributed by atoms with van der Waals surface area (Å²) in [6, 6.07) is 6.20. The zero-order chi connectivity index (χ0) is 19.8. The van der Waals surface area contributed by atoms with Crippen molar-refractivity contribution in [3.05, 3.63) is 41.2 Å². The second-order valence-corrected chi connectivity index (χ2v) is 7.55. The SMILES string of the molecule is Cn1nc(C(=O)Nc2ccc(O)cc2)c2c1CCN(C(=O)OC(C)(C)C)C2. The first kappa shape index (κ1) is 18.8. The summed E-state index contributed by atoms with van der Waals surface area (Å²) in [6.07, 6.45) is 0.201. The van der Waals surface area contributed by atoms with E-state index >= 15 is 0 Å². The molecule has 144 valence electrons. The van der Waals surface area contributed by atoms with E-state index in [9.17, 15) is 14.7 Å². The largest absolute Gasteiger partial charge is 0.508 e. The third kappa shape index (κ3) is 4.21. The minimum absolute atomic E-state index is 0.121. The summed E-state index contributed by atoms with van der Waals surface area (Å²) in [5, 5.41) is 16.5. The summed E-state index contributed by atoms with van der Waals surface area (Å²) >= 11 is 0. The maximum absolute atomic E-state index is 12.7. The van der Waals surface area contributed by atoms with Gasteiger partial charge in [0.05, 0.1) is 6.54 Å². The average Bonchev–Trinajstić information content (AvgIpc) is 2.92. The van der Waals surface area contributed by atoms with Gasteiger partial charge in [-0.1, -0.05) is 0 Å². The van der Waals surface area contributed by atoms with Crippen molar-refractivity contribution >= 4 is 17.7 Å². The van der Waals surface area contributed by atoms with E-state index in [-0.39, 0.29) is 23.9 Å². The molecule has 2 aromatic rings. The van der Waals surface area contributed by atoms with Crippen LogP contribution in [-0.4, -0.2) is 43.9 Å². The van der Waals surface area contributed by atoms with E-state index in [1.54, 1.807) is 28.8 Å². The summed E-state index contributed by atoms with van der Waals surface area (Å²) in [4.78, 5) is 26.7. The lowest BCUT2D eigenvalue weighted by molar-refractivity contribution is 0.0222. The molecule has 0 atom stereocenters. The number of benzene rings is 1. The van der Waals surface area contributed by atoms with Gasteiger partial charge in [0.25, 0.3) is 5.91 Å². The van der Waals surface area contributed by atoms with Gasteiger partial charge in [0.1, 0.15) is 11.4 Å². The fraction of sp³-hybridized carbons (Fsp3) is 0.421. The second kappa shape index (κ2) is 6.94. The molecule has 2 heterocycles. The monoisotopic (exact) mass is 372 g/mol. The summed E-state index contributed by atoms with van der Waals surface area (Å²) in [5.74, 6) is -0.236. The molecule has 1 aliphatic rings. The zero-order valence-corrected chi connectivity index (χ0v) is 15.9. The van der Waals surface area contributed by atoms with Crippen molar-refractivity contribution in [2.75, 3.05) is 11.9 Å². The first-order valence-electron chi connectivity index (χ1n) is 8.77. The molecule has 0 saturated heterocycles. The molecular weight excluding hydrogens is 348 g/mol. The van der Waals surface area contributed by atoms with Crippen LogP contribution in [0.5, 0.6) is 5.75 Å². The predicted octanol–water partition coefficient (Wildman–Crippen LogP) is 2.67. The normalized spacial score (nSPS) is 13.9. The van der Waals surface area contributed by atoms with Gasteiger partial charge in [-0.2, -0.15) is 5.10 Å². The smallest absolute Gasteiger partial charge is 0.410 e. The van der Waals surface area contributed by atoms with E-state index in [2.05, 4.69) is 10.4 Å². The highest BCUT2D eigenvalue weighted by Gasteiger charge is 2.31. The highest BCUT2D eigenvalue weighted by molar-refractivity contribution is 6.04. The van der Waals surface area contributed by atoms with Crippen LogP contribution in [0.25, 0.3) is 0 Å². The van der Waals surface area contributed by atoms with Crippen molar-refractivity contribution in [1.82, 2.24) is 14.7 Å². The Morgan fingerprint density at radius 3 is 2.52 bits per heavy atom. The van der Waals surface area contributed by atoms with Crippen molar-refractivity contribution in [3.8, 4) is 5.75 Å². The van der Waals surface area contributed by atoms with Crippen LogP contribution in [0.4, 0.5) is 10.5 Å². The summed E-state index contributed by atoms with van der Waals surface area (Å²) in [5.41, 5.74) is 1.92. The topological polar surface area (TPSA) is 96.7 Å². The van der Waals surface area contributed by atoms with Crippen molar-refractivity contribution in [1.29, 1.82) is 0 Å². The fourth-order valence-electron chi connectivity index (χ4n) is 2.99. The number of anilines is 1. The molecule has 0 radical (unpaired) electrons. The van der Waals surface area contributed by atoms with E-state index in [1.165, 1.54) is 12.1 Å². The number of nitrogens with zero attached hydrogens (tertiary/aromatic N) is 3. The van der Waals surface area contributed by atoms with Crippen molar-refractivity contribution in [2.24, 2.45) is 7.05 Å². The van der Waals surface area contributed by atoms with Crippen LogP contribution in [0.1, 0.15) is 42.5 Å². The molecule has 27 heavy (non-hydrogen) atoms. The molecule has 8 heteroatoms. The molecule has 3 rings (SSSR count). The number of nitrogens with one attached hydrogen (secondary N) is 1. The van der Waals surface area contributed by atoms with E-state index in [1.807, 2.05) is 20.8 Å². The molecule has 0 fully saturated rings. The van der Waals surface area contributed by atoms with Crippen LogP contribution in [0.3, 0.4) is 0 Å². The lowest BCUT2D eigenvalue weighted by Gasteiger charge is -2.30. The van der Waals surface area contributed by atoms with Crippen molar-refractivity contribution < 1.29 is 19.4 Å². The van der Waals surface area contributed by atoms with E-state index in [0.29, 0.717) is 18.7 Å². The number of hydrogen-bond donors (Lipinski definition) is 2. The Kier molecular flexibility index (Phi) is 4.82. The molecule has 8 nitrogen and oxygen atoms in total. The molecule has 0 unspecified atom stereocenters. The second-order valence-electron chi connectivity index (χ2n) is 7.55. The molecule has 0 spiro atoms. The van der Waals surface area contributed by atoms with E-state index in [0.717, 1.165) is 11.3 Å². The number of phenolic OH excluding ortho intramolecular Hbond substituents is 1. The van der Waals surface area contributed by atoms with Gasteiger partial charge in [-0.05, 0) is 45.0 Å². The maximum atomic E-state index is 12.7. The van der Waals surface area contributed by atoms with Gasteiger partial charge >= 0.3 is 6.09 Å². The van der Waals surface area contributed by atoms with Gasteiger partial charge in [0.2, 0.25) is 0 Å². The Balaban J connectivity index is 1.80. The summed E-state index contributed by atoms with van der Waals surface area (Å²) in [7, 11) is 1.79. The molecule has 1 aliphatic heterocycles. The van der Waals surface area contributed by atoms with Gasteiger partial charge in [-0.15, -0.1) is 0 Å². The molecule has 0 bridgehead atoms. The van der Waals surface area contributed by atoms with E-state index < -0.39 is 11.7 Å². The number of amides is 2. The number of carbonyl (C=O) groups is 2. The van der Waals surface area contributed by atoms with Crippen LogP contribution >= 0.6 is 0 Å². The molecule has 1 aromatic carbocycles. The molecule has 1 aromatic heterocycles. The standard InChI is InChI=1S/C19H24N4O4/c1-19(2,3)27-18(26)23-10-9-15-14(11-23)16(21-22(15)4)17(25)20-12-5-7-13(24)8-6-12/h5-8,24H,9-11H2,1-4H3,(H,20,25). The molecule has 0 saturated carbocycles. The van der Waals surface area contributed by atoms with Gasteiger partial charge < -0.3 is 20.1 Å². The number of aromatic hydroxyl groups is 1. The van der Waals surface area contributed by atoms with Gasteiger partial charge in [-0.25, -0.2) is 4.79 Å². The Bertz CT molecular complexity index is 865. The highest BCUT2D eigenvalue weighted by Crippen LogP contribution is 2.25. The third-order valence-electron chi connectivity index (χ3n) is 4.23. The Morgan fingerprint density at radius 2 is 1.89 bits per heavy atom. The van der Waals surface area contributed by atoms with Gasteiger partial charge in [0, 0.05) is 37.0 Å². The third-order valence-corrected chi connectivity index (χ3v) is 4.23. The summed E-state index contributed by atoms with van der Waals surface area (Å²) < 4.78 is 7.13. The number of hydrogen-bond acceptors (Lipinski definition) is 5. The quantitative estimate of drug-likeness (QED) is 0.790. The number of rotatable bonds is 2. The fourth-order valence-corrected chi connectivity index (χ4v) is 2.99. The Morgan fingerprint density at radius 1 is 1.22 bits per heavy atom. The van der Waals surface area contributed by atoms with Crippen LogP contribution < -0.4 is 5.32 Å². The van der Waals surface area contributed by atoms with Crippen LogP contribution in [0.15, 0.2) is 24.3 Å². The van der Waals surface area contributed by atoms with Crippen molar-refractivity contribution in [2.45, 2.75) is 39.3 Å².